The number of carbonyl (C=O) groups excluding carboxylic acids is 1. The lowest BCUT2D eigenvalue weighted by molar-refractivity contribution is -0.135. The molecule has 4 aliphatic rings. The molecule has 4 fully saturated rings. The largest absolute Gasteiger partial charge is 0.352 e. The zero-order valence-electron chi connectivity index (χ0n) is 24.5. The molecule has 3 heteroatoms. The molecule has 4 aliphatic carbocycles. The lowest BCUT2D eigenvalue weighted by Crippen LogP contribution is -2.55. The summed E-state index contributed by atoms with van der Waals surface area (Å²) in [6.07, 6.45) is 23.2. The lowest BCUT2D eigenvalue weighted by atomic mass is 9.42. The van der Waals surface area contributed by atoms with Gasteiger partial charge in [-0.25, -0.2) is 0 Å². The molecule has 0 spiro atoms. The molecule has 37 heavy (non-hydrogen) atoms. The van der Waals surface area contributed by atoms with Crippen LogP contribution in [-0.4, -0.2) is 19.0 Å². The van der Waals surface area contributed by atoms with Crippen LogP contribution in [0, 0.1) is 46.3 Å². The van der Waals surface area contributed by atoms with Gasteiger partial charge in [0, 0.05) is 12.1 Å². The number of fused-ring (bicyclic) bond motifs is 5. The zero-order valence-corrected chi connectivity index (χ0v) is 24.5. The van der Waals surface area contributed by atoms with E-state index in [0.29, 0.717) is 22.9 Å². The van der Waals surface area contributed by atoms with Gasteiger partial charge in [0.15, 0.2) is 0 Å². The van der Waals surface area contributed by atoms with Crippen molar-refractivity contribution in [3.05, 3.63) is 36.0 Å². The molecule has 0 aromatic carbocycles. The number of carbonyl (C=O) groups is 1. The first kappa shape index (κ1) is 28.7. The van der Waals surface area contributed by atoms with E-state index in [-0.39, 0.29) is 5.91 Å². The molecule has 0 radical (unpaired) electrons. The fraction of sp³-hybridized carbons (Fsp3) is 0.794. The van der Waals surface area contributed by atoms with E-state index in [2.05, 4.69) is 32.7 Å². The summed E-state index contributed by atoms with van der Waals surface area (Å²) in [4.78, 5) is 12.8. The smallest absolute Gasteiger partial charge is 0.251 e. The molecule has 1 amide bonds. The van der Waals surface area contributed by atoms with E-state index < -0.39 is 0 Å². The summed E-state index contributed by atoms with van der Waals surface area (Å²) < 4.78 is 0. The Bertz CT molecular complexity index is 873. The van der Waals surface area contributed by atoms with Gasteiger partial charge in [0.2, 0.25) is 0 Å². The molecule has 3 nitrogen and oxygen atoms in total. The van der Waals surface area contributed by atoms with Gasteiger partial charge in [0.25, 0.3) is 5.91 Å². The molecule has 4 rings (SSSR count). The van der Waals surface area contributed by atoms with Crippen molar-refractivity contribution in [2.45, 2.75) is 111 Å². The van der Waals surface area contributed by atoms with E-state index >= 15 is 0 Å². The fourth-order valence-corrected chi connectivity index (χ4v) is 10.1. The predicted octanol–water partition coefficient (Wildman–Crippen LogP) is 7.98. The Morgan fingerprint density at radius 3 is 2.57 bits per heavy atom. The lowest BCUT2D eigenvalue weighted by Gasteiger charge is -2.62. The average molecular weight is 509 g/mol. The molecular formula is C34H56N2O. The van der Waals surface area contributed by atoms with Gasteiger partial charge in [-0.2, -0.15) is 0 Å². The van der Waals surface area contributed by atoms with Gasteiger partial charge in [-0.1, -0.05) is 70.4 Å². The molecule has 6 unspecified atom stereocenters. The highest BCUT2D eigenvalue weighted by Gasteiger charge is 2.60. The molecule has 208 valence electrons. The second kappa shape index (κ2) is 12.2. The average Bonchev–Trinajstić information content (AvgIpc) is 3.21. The van der Waals surface area contributed by atoms with Crippen molar-refractivity contribution in [3.63, 3.8) is 0 Å². The molecule has 0 saturated heterocycles. The number of nitrogens with one attached hydrogen (secondary N) is 1. The maximum Gasteiger partial charge on any atom is 0.251 e. The van der Waals surface area contributed by atoms with Gasteiger partial charge in [-0.3, -0.25) is 4.79 Å². The number of amides is 1. The summed E-state index contributed by atoms with van der Waals surface area (Å²) in [6, 6.07) is 0. The highest BCUT2D eigenvalue weighted by molar-refractivity contribution is 5.96. The van der Waals surface area contributed by atoms with E-state index in [9.17, 15) is 4.79 Å². The minimum Gasteiger partial charge on any atom is -0.352 e. The first-order chi connectivity index (χ1) is 17.8. The van der Waals surface area contributed by atoms with Gasteiger partial charge in [-0.05, 0) is 124 Å². The second-order valence-electron chi connectivity index (χ2n) is 13.7. The van der Waals surface area contributed by atoms with E-state index in [1.807, 2.05) is 19.1 Å². The summed E-state index contributed by atoms with van der Waals surface area (Å²) in [7, 11) is 0. The molecule has 4 saturated carbocycles. The second-order valence-corrected chi connectivity index (χ2v) is 13.7. The third-order valence-electron chi connectivity index (χ3n) is 12.0. The van der Waals surface area contributed by atoms with Crippen molar-refractivity contribution < 1.29 is 4.79 Å². The number of hydrogen-bond donors (Lipinski definition) is 2. The molecule has 0 aromatic heterocycles. The van der Waals surface area contributed by atoms with Crippen LogP contribution in [0.3, 0.4) is 0 Å². The standard InChI is InChI=1S/C34H56N2O/c1-6-11-26(22-24(3)17-20-35)32(37)36-21-10-12-27-14-15-30-28-23-25(7-2)29-13-8-9-18-34(29,5)31(28)16-19-33(27,30)4/h6,11,22,25,27-31H,1,7-10,12-21,23,35H2,2-5H3,(H,36,37)/b24-22+,26-11+/t25-,27?,28?,29?,30?,31-,33?,34?/m0/s1. The van der Waals surface area contributed by atoms with Crippen LogP contribution in [0.4, 0.5) is 0 Å². The molecule has 0 bridgehead atoms. The first-order valence-electron chi connectivity index (χ1n) is 15.8. The van der Waals surface area contributed by atoms with Crippen molar-refractivity contribution in [1.82, 2.24) is 5.32 Å². The highest BCUT2D eigenvalue weighted by Crippen LogP contribution is 2.69. The van der Waals surface area contributed by atoms with Gasteiger partial charge in [0.1, 0.15) is 0 Å². The van der Waals surface area contributed by atoms with Crippen molar-refractivity contribution >= 4 is 5.91 Å². The van der Waals surface area contributed by atoms with Crippen LogP contribution in [0.1, 0.15) is 111 Å². The van der Waals surface area contributed by atoms with Crippen molar-refractivity contribution in [1.29, 1.82) is 0 Å². The van der Waals surface area contributed by atoms with Gasteiger partial charge < -0.3 is 11.1 Å². The Balaban J connectivity index is 1.35. The number of rotatable bonds is 10. The zero-order chi connectivity index (χ0) is 26.6. The van der Waals surface area contributed by atoms with Crippen LogP contribution in [0.2, 0.25) is 0 Å². The summed E-state index contributed by atoms with van der Waals surface area (Å²) in [6.45, 7) is 15.0. The molecule has 0 aromatic rings. The maximum absolute atomic E-state index is 12.8. The van der Waals surface area contributed by atoms with Crippen LogP contribution >= 0.6 is 0 Å². The monoisotopic (exact) mass is 508 g/mol. The van der Waals surface area contributed by atoms with E-state index in [1.165, 1.54) is 70.6 Å². The van der Waals surface area contributed by atoms with Crippen LogP contribution in [0.25, 0.3) is 0 Å². The van der Waals surface area contributed by atoms with Gasteiger partial charge in [-0.15, -0.1) is 0 Å². The third-order valence-corrected chi connectivity index (χ3v) is 12.0. The Morgan fingerprint density at radius 1 is 1.05 bits per heavy atom. The normalized spacial score (nSPS) is 39.9. The van der Waals surface area contributed by atoms with Crippen LogP contribution in [0.5, 0.6) is 0 Å². The minimum atomic E-state index is 0.00961. The van der Waals surface area contributed by atoms with E-state index in [1.54, 1.807) is 6.08 Å². The molecule has 0 heterocycles. The Labute approximate surface area is 228 Å². The number of allylic oxidation sites excluding steroid dienone is 2. The number of hydrogen-bond acceptors (Lipinski definition) is 2. The maximum atomic E-state index is 12.8. The van der Waals surface area contributed by atoms with Crippen LogP contribution in [0.15, 0.2) is 36.0 Å². The molecule has 8 atom stereocenters. The Hall–Kier alpha value is -1.35. The third kappa shape index (κ3) is 5.68. The van der Waals surface area contributed by atoms with Gasteiger partial charge in [0.05, 0.1) is 0 Å². The molecule has 3 N–H and O–H groups in total. The Morgan fingerprint density at radius 2 is 1.84 bits per heavy atom. The topological polar surface area (TPSA) is 55.1 Å². The predicted molar refractivity (Wildman–Crippen MR) is 157 cm³/mol. The first-order valence-corrected chi connectivity index (χ1v) is 15.8. The number of nitrogens with two attached hydrogens (primary N) is 1. The summed E-state index contributed by atoms with van der Waals surface area (Å²) in [5.41, 5.74) is 8.61. The summed E-state index contributed by atoms with van der Waals surface area (Å²) in [5.74, 6) is 5.65. The van der Waals surface area contributed by atoms with Crippen molar-refractivity contribution in [2.24, 2.45) is 52.1 Å². The summed E-state index contributed by atoms with van der Waals surface area (Å²) >= 11 is 0. The molecular weight excluding hydrogens is 452 g/mol. The van der Waals surface area contributed by atoms with Crippen molar-refractivity contribution in [3.8, 4) is 0 Å². The summed E-state index contributed by atoms with van der Waals surface area (Å²) in [5, 5.41) is 3.19. The van der Waals surface area contributed by atoms with Crippen LogP contribution < -0.4 is 11.1 Å². The SMILES string of the molecule is C=C/C=C(\C=C(/C)CCN)C(=O)NCCCC1CCC2C3C[C@H](CC)C4CCCCC4(C)[C@H]3CCC12C. The van der Waals surface area contributed by atoms with E-state index in [4.69, 9.17) is 5.73 Å². The quantitative estimate of drug-likeness (QED) is 0.178. The van der Waals surface area contributed by atoms with E-state index in [0.717, 1.165) is 60.5 Å². The highest BCUT2D eigenvalue weighted by atomic mass is 16.1. The molecule has 0 aliphatic heterocycles. The fourth-order valence-electron chi connectivity index (χ4n) is 10.1. The van der Waals surface area contributed by atoms with Gasteiger partial charge >= 0.3 is 0 Å². The Kier molecular flexibility index (Phi) is 9.47. The van der Waals surface area contributed by atoms with Crippen LogP contribution in [-0.2, 0) is 4.79 Å². The van der Waals surface area contributed by atoms with Crippen molar-refractivity contribution in [2.75, 3.05) is 13.1 Å². The minimum absolute atomic E-state index is 0.00961.